The summed E-state index contributed by atoms with van der Waals surface area (Å²) in [6.45, 7) is 4.11. The first-order chi connectivity index (χ1) is 12.0. The zero-order valence-electron chi connectivity index (χ0n) is 14.9. The Kier molecular flexibility index (Phi) is 4.49. The number of nitrogens with zero attached hydrogens (tertiary/aromatic N) is 1. The van der Waals surface area contributed by atoms with E-state index in [2.05, 4.69) is 17.2 Å². The van der Waals surface area contributed by atoms with Gasteiger partial charge in [0.15, 0.2) is 0 Å². The molecule has 1 aliphatic heterocycles. The minimum atomic E-state index is -0.444. The number of anilines is 1. The number of ether oxygens (including phenoxy) is 2. The van der Waals surface area contributed by atoms with E-state index in [0.29, 0.717) is 11.4 Å². The molecule has 3 rings (SSSR count). The molecule has 0 saturated carbocycles. The lowest BCUT2D eigenvalue weighted by Crippen LogP contribution is -2.38. The van der Waals surface area contributed by atoms with E-state index in [4.69, 9.17) is 9.47 Å². The summed E-state index contributed by atoms with van der Waals surface area (Å²) in [5, 5.41) is 2.93. The molecule has 5 nitrogen and oxygen atoms in total. The van der Waals surface area contributed by atoms with E-state index in [9.17, 15) is 4.79 Å². The molecule has 0 aromatic heterocycles. The van der Waals surface area contributed by atoms with E-state index < -0.39 is 5.41 Å². The molecule has 1 atom stereocenters. The maximum absolute atomic E-state index is 12.9. The van der Waals surface area contributed by atoms with E-state index >= 15 is 0 Å². The smallest absolute Gasteiger partial charge is 0.270 e. The van der Waals surface area contributed by atoms with Crippen molar-refractivity contribution < 1.29 is 14.3 Å². The Bertz CT molecular complexity index is 827. The van der Waals surface area contributed by atoms with Crippen molar-refractivity contribution in [2.45, 2.75) is 25.7 Å². The minimum Gasteiger partial charge on any atom is -0.497 e. The van der Waals surface area contributed by atoms with Gasteiger partial charge in [0.25, 0.3) is 5.91 Å². The molecule has 5 heteroatoms. The van der Waals surface area contributed by atoms with Gasteiger partial charge in [-0.25, -0.2) is 4.99 Å². The number of methoxy groups -OCH3 is 2. The number of fused-ring (bicyclic) bond motifs is 1. The van der Waals surface area contributed by atoms with E-state index in [1.807, 2.05) is 49.4 Å². The van der Waals surface area contributed by atoms with Crippen LogP contribution in [-0.2, 0) is 10.2 Å². The molecule has 0 bridgehead atoms. The second kappa shape index (κ2) is 6.59. The Hall–Kier alpha value is -2.82. The topological polar surface area (TPSA) is 59.9 Å². The molecule has 2 aromatic rings. The molecule has 1 N–H and O–H groups in total. The quantitative estimate of drug-likeness (QED) is 0.893. The number of carbonyl (C=O) groups is 1. The molecule has 0 saturated heterocycles. The van der Waals surface area contributed by atoms with E-state index in [1.54, 1.807) is 14.2 Å². The van der Waals surface area contributed by atoms with E-state index in [1.165, 1.54) is 0 Å². The summed E-state index contributed by atoms with van der Waals surface area (Å²) < 4.78 is 10.5. The lowest BCUT2D eigenvalue weighted by molar-refractivity contribution is -0.110. The molecule has 1 amide bonds. The molecular weight excluding hydrogens is 316 g/mol. The maximum Gasteiger partial charge on any atom is 0.270 e. The van der Waals surface area contributed by atoms with Crippen LogP contribution >= 0.6 is 0 Å². The van der Waals surface area contributed by atoms with Crippen molar-refractivity contribution in [3.8, 4) is 11.5 Å². The monoisotopic (exact) mass is 338 g/mol. The van der Waals surface area contributed by atoms with Crippen LogP contribution in [0.4, 0.5) is 11.4 Å². The summed E-state index contributed by atoms with van der Waals surface area (Å²) in [5.41, 5.74) is 2.63. The zero-order chi connectivity index (χ0) is 18.0. The van der Waals surface area contributed by atoms with Crippen molar-refractivity contribution in [1.29, 1.82) is 0 Å². The summed E-state index contributed by atoms with van der Waals surface area (Å²) in [5.74, 6) is 1.32. The van der Waals surface area contributed by atoms with Crippen molar-refractivity contribution in [3.05, 3.63) is 48.0 Å². The second-order valence-electron chi connectivity index (χ2n) is 6.21. The Morgan fingerprint density at radius 3 is 2.32 bits per heavy atom. The molecule has 1 aliphatic rings. The summed E-state index contributed by atoms with van der Waals surface area (Å²) in [7, 11) is 3.25. The molecule has 1 unspecified atom stereocenters. The van der Waals surface area contributed by atoms with Crippen molar-refractivity contribution in [2.24, 2.45) is 4.99 Å². The molecule has 0 aliphatic carbocycles. The van der Waals surface area contributed by atoms with Gasteiger partial charge >= 0.3 is 0 Å². The van der Waals surface area contributed by atoms with Gasteiger partial charge in [0.2, 0.25) is 0 Å². The Morgan fingerprint density at radius 2 is 1.72 bits per heavy atom. The predicted molar refractivity (Wildman–Crippen MR) is 99.4 cm³/mol. The summed E-state index contributed by atoms with van der Waals surface area (Å²) >= 11 is 0. The van der Waals surface area contributed by atoms with Gasteiger partial charge in [-0.1, -0.05) is 6.92 Å². The van der Waals surface area contributed by atoms with Crippen LogP contribution in [0.15, 0.2) is 47.5 Å². The van der Waals surface area contributed by atoms with Gasteiger partial charge in [-0.05, 0) is 61.4 Å². The Labute approximate surface area is 147 Å². The second-order valence-corrected chi connectivity index (χ2v) is 6.21. The first-order valence-corrected chi connectivity index (χ1v) is 8.25. The number of carbonyl (C=O) groups excluding carboxylic acids is 1. The normalized spacial score (nSPS) is 18.3. The van der Waals surface area contributed by atoms with Gasteiger partial charge in [-0.15, -0.1) is 0 Å². The van der Waals surface area contributed by atoms with Crippen LogP contribution in [0.3, 0.4) is 0 Å². The highest BCUT2D eigenvalue weighted by Crippen LogP contribution is 2.44. The van der Waals surface area contributed by atoms with Crippen LogP contribution in [0.2, 0.25) is 0 Å². The van der Waals surface area contributed by atoms with Crippen LogP contribution in [-0.4, -0.2) is 25.8 Å². The molecule has 1 heterocycles. The molecule has 0 radical (unpaired) electrons. The number of benzene rings is 2. The average Bonchev–Trinajstić information content (AvgIpc) is 2.95. The van der Waals surface area contributed by atoms with Crippen LogP contribution in [0, 0.1) is 0 Å². The van der Waals surface area contributed by atoms with Gasteiger partial charge in [0, 0.05) is 11.1 Å². The molecule has 2 aromatic carbocycles. The lowest BCUT2D eigenvalue weighted by Gasteiger charge is -2.25. The van der Waals surface area contributed by atoms with E-state index in [-0.39, 0.29) is 5.91 Å². The van der Waals surface area contributed by atoms with Crippen molar-refractivity contribution >= 4 is 23.0 Å². The lowest BCUT2D eigenvalue weighted by atomic mass is 9.77. The predicted octanol–water partition coefficient (Wildman–Crippen LogP) is 4.10. The third-order valence-corrected chi connectivity index (χ3v) is 4.82. The van der Waals surface area contributed by atoms with Crippen molar-refractivity contribution in [2.75, 3.05) is 19.5 Å². The van der Waals surface area contributed by atoms with Gasteiger partial charge in [-0.2, -0.15) is 0 Å². The molecule has 25 heavy (non-hydrogen) atoms. The van der Waals surface area contributed by atoms with Gasteiger partial charge in [0.1, 0.15) is 17.2 Å². The zero-order valence-corrected chi connectivity index (χ0v) is 14.9. The molecular formula is C20H22N2O3. The van der Waals surface area contributed by atoms with Crippen LogP contribution < -0.4 is 14.8 Å². The van der Waals surface area contributed by atoms with Crippen LogP contribution in [0.5, 0.6) is 11.5 Å². The molecule has 0 fully saturated rings. The summed E-state index contributed by atoms with van der Waals surface area (Å²) in [6.07, 6.45) is 0.766. The summed E-state index contributed by atoms with van der Waals surface area (Å²) in [6, 6.07) is 13.0. The fourth-order valence-corrected chi connectivity index (χ4v) is 3.08. The number of hydrogen-bond donors (Lipinski definition) is 1. The highest BCUT2D eigenvalue weighted by atomic mass is 16.5. The standard InChI is InChI=1S/C20H22N2O3/c1-5-20(2)16-12-15(25-4)10-11-17(16)22-18(20)19(23)21-13-6-8-14(24-3)9-7-13/h6-12H,5H2,1-4H3,(H,21,23). The number of hydrogen-bond acceptors (Lipinski definition) is 4. The highest BCUT2D eigenvalue weighted by Gasteiger charge is 2.41. The number of rotatable bonds is 5. The van der Waals surface area contributed by atoms with Crippen LogP contribution in [0.25, 0.3) is 0 Å². The number of aliphatic imine (C=N–C) groups is 1. The van der Waals surface area contributed by atoms with Gasteiger partial charge < -0.3 is 14.8 Å². The van der Waals surface area contributed by atoms with Crippen molar-refractivity contribution in [3.63, 3.8) is 0 Å². The largest absolute Gasteiger partial charge is 0.497 e. The fourth-order valence-electron chi connectivity index (χ4n) is 3.08. The van der Waals surface area contributed by atoms with Gasteiger partial charge in [-0.3, -0.25) is 4.79 Å². The maximum atomic E-state index is 12.9. The van der Waals surface area contributed by atoms with Crippen LogP contribution in [0.1, 0.15) is 25.8 Å². The average molecular weight is 338 g/mol. The fraction of sp³-hybridized carbons (Fsp3) is 0.300. The SMILES string of the molecule is CCC1(C)C(C(=O)Nc2ccc(OC)cc2)=Nc2ccc(OC)cc21. The third kappa shape index (κ3) is 2.97. The molecule has 0 spiro atoms. The number of amides is 1. The summed E-state index contributed by atoms with van der Waals surface area (Å²) in [4.78, 5) is 17.5. The first kappa shape index (κ1) is 17.0. The Balaban J connectivity index is 1.89. The molecule has 130 valence electrons. The highest BCUT2D eigenvalue weighted by molar-refractivity contribution is 6.47. The first-order valence-electron chi connectivity index (χ1n) is 8.25. The minimum absolute atomic E-state index is 0.190. The number of nitrogens with one attached hydrogen (secondary N) is 1. The van der Waals surface area contributed by atoms with E-state index in [0.717, 1.165) is 29.2 Å². The Morgan fingerprint density at radius 1 is 1.08 bits per heavy atom. The third-order valence-electron chi connectivity index (χ3n) is 4.82. The van der Waals surface area contributed by atoms with Crippen molar-refractivity contribution in [1.82, 2.24) is 0 Å². The van der Waals surface area contributed by atoms with Gasteiger partial charge in [0.05, 0.1) is 19.9 Å².